The van der Waals surface area contributed by atoms with Crippen LogP contribution < -0.4 is 5.56 Å². The lowest BCUT2D eigenvalue weighted by molar-refractivity contribution is 0.215. The predicted molar refractivity (Wildman–Crippen MR) is 139 cm³/mol. The summed E-state index contributed by atoms with van der Waals surface area (Å²) in [5.41, 5.74) is 3.99. The van der Waals surface area contributed by atoms with Crippen LogP contribution in [0.2, 0.25) is 5.02 Å². The van der Waals surface area contributed by atoms with E-state index in [4.69, 9.17) is 18.0 Å². The molecule has 3 aromatic heterocycles. The third-order valence-corrected chi connectivity index (χ3v) is 5.85. The molecule has 1 atom stereocenters. The van der Waals surface area contributed by atoms with E-state index in [2.05, 4.69) is 15.9 Å². The molecule has 7 heteroatoms. The fourth-order valence-electron chi connectivity index (χ4n) is 3.67. The van der Waals surface area contributed by atoms with Gasteiger partial charge in [-0.25, -0.2) is 4.98 Å². The lowest BCUT2D eigenvalue weighted by Crippen LogP contribution is -2.17. The Kier molecular flexibility index (Phi) is 7.11. The molecule has 0 bridgehead atoms. The molecule has 0 amide bonds. The minimum Gasteiger partial charge on any atom is -0.382 e. The van der Waals surface area contributed by atoms with E-state index in [1.165, 1.54) is 4.57 Å². The van der Waals surface area contributed by atoms with E-state index in [1.54, 1.807) is 56.1 Å². The first kappa shape index (κ1) is 24.0. The van der Waals surface area contributed by atoms with Crippen molar-refractivity contribution in [1.82, 2.24) is 19.1 Å². The first-order valence-corrected chi connectivity index (χ1v) is 11.2. The SMILES string of the molecule is C#Cc1cccc(-c2cc(=O)n(C)c3cnc(C(O)c4ccc(Cl)cc4)cc23)c1.Cn1ccnc1. The summed E-state index contributed by atoms with van der Waals surface area (Å²) in [6.45, 7) is 0. The molecule has 6 nitrogen and oxygen atoms in total. The van der Waals surface area contributed by atoms with E-state index < -0.39 is 6.10 Å². The highest BCUT2D eigenvalue weighted by atomic mass is 35.5. The van der Waals surface area contributed by atoms with Crippen molar-refractivity contribution in [1.29, 1.82) is 0 Å². The normalized spacial score (nSPS) is 11.4. The minimum absolute atomic E-state index is 0.147. The average molecular weight is 483 g/mol. The van der Waals surface area contributed by atoms with Crippen molar-refractivity contribution >= 4 is 22.5 Å². The van der Waals surface area contributed by atoms with Gasteiger partial charge in [0.15, 0.2) is 0 Å². The molecule has 0 spiro atoms. The van der Waals surface area contributed by atoms with E-state index in [0.29, 0.717) is 21.8 Å². The van der Waals surface area contributed by atoms with Crippen molar-refractivity contribution in [2.75, 3.05) is 0 Å². The fourth-order valence-corrected chi connectivity index (χ4v) is 3.80. The zero-order chi connectivity index (χ0) is 24.9. The maximum atomic E-state index is 12.5. The van der Waals surface area contributed by atoms with E-state index in [9.17, 15) is 9.90 Å². The molecular weight excluding hydrogens is 460 g/mol. The van der Waals surface area contributed by atoms with E-state index in [-0.39, 0.29) is 5.56 Å². The number of terminal acetylenes is 1. The van der Waals surface area contributed by atoms with Crippen LogP contribution in [0, 0.1) is 12.3 Å². The number of rotatable bonds is 3. The molecule has 0 radical (unpaired) electrons. The summed E-state index contributed by atoms with van der Waals surface area (Å²) in [7, 11) is 3.64. The van der Waals surface area contributed by atoms with Gasteiger partial charge in [-0.2, -0.15) is 0 Å². The van der Waals surface area contributed by atoms with Gasteiger partial charge in [-0.1, -0.05) is 41.8 Å². The first-order valence-electron chi connectivity index (χ1n) is 10.8. The summed E-state index contributed by atoms with van der Waals surface area (Å²) in [6, 6.07) is 17.8. The summed E-state index contributed by atoms with van der Waals surface area (Å²) in [4.78, 5) is 20.7. The summed E-state index contributed by atoms with van der Waals surface area (Å²) in [5.74, 6) is 2.62. The van der Waals surface area contributed by atoms with Crippen LogP contribution in [-0.2, 0) is 14.1 Å². The second-order valence-corrected chi connectivity index (χ2v) is 8.43. The van der Waals surface area contributed by atoms with Crippen LogP contribution in [0.3, 0.4) is 0 Å². The number of aliphatic hydroxyl groups excluding tert-OH is 1. The molecule has 1 unspecified atom stereocenters. The van der Waals surface area contributed by atoms with E-state index in [1.807, 2.05) is 48.1 Å². The number of pyridine rings is 2. The number of aromatic nitrogens is 4. The van der Waals surface area contributed by atoms with Gasteiger partial charge >= 0.3 is 0 Å². The topological polar surface area (TPSA) is 72.9 Å². The predicted octanol–water partition coefficient (Wildman–Crippen LogP) is 4.74. The van der Waals surface area contributed by atoms with Crippen LogP contribution in [0.1, 0.15) is 22.9 Å². The quantitative estimate of drug-likeness (QED) is 0.377. The van der Waals surface area contributed by atoms with Crippen LogP contribution in [0.5, 0.6) is 0 Å². The molecule has 0 aliphatic carbocycles. The number of aliphatic hydroxyl groups is 1. The molecule has 3 heterocycles. The Labute approximate surface area is 208 Å². The molecule has 174 valence electrons. The molecule has 0 aliphatic rings. The summed E-state index contributed by atoms with van der Waals surface area (Å²) >= 11 is 5.94. The number of nitrogens with zero attached hydrogens (tertiary/aromatic N) is 4. The van der Waals surface area contributed by atoms with Crippen LogP contribution in [0.25, 0.3) is 22.0 Å². The molecule has 5 rings (SSSR count). The third-order valence-electron chi connectivity index (χ3n) is 5.60. The average Bonchev–Trinajstić information content (AvgIpc) is 3.37. The highest BCUT2D eigenvalue weighted by Gasteiger charge is 2.16. The number of benzene rings is 2. The highest BCUT2D eigenvalue weighted by molar-refractivity contribution is 6.30. The largest absolute Gasteiger partial charge is 0.382 e. The zero-order valence-corrected chi connectivity index (χ0v) is 20.0. The van der Waals surface area contributed by atoms with Crippen LogP contribution in [0.15, 0.2) is 90.4 Å². The number of fused-ring (bicyclic) bond motifs is 1. The summed E-state index contributed by atoms with van der Waals surface area (Å²) < 4.78 is 3.43. The Morgan fingerprint density at radius 3 is 2.49 bits per heavy atom. The Hall–Kier alpha value is -4.18. The lowest BCUT2D eigenvalue weighted by atomic mass is 9.98. The second kappa shape index (κ2) is 10.4. The van der Waals surface area contributed by atoms with Gasteiger partial charge in [-0.15, -0.1) is 6.42 Å². The van der Waals surface area contributed by atoms with Crippen molar-refractivity contribution in [2.45, 2.75) is 6.10 Å². The molecule has 0 fully saturated rings. The molecule has 0 aliphatic heterocycles. The molecule has 1 N–H and O–H groups in total. The number of hydrogen-bond acceptors (Lipinski definition) is 4. The molecule has 35 heavy (non-hydrogen) atoms. The Morgan fingerprint density at radius 2 is 1.86 bits per heavy atom. The summed E-state index contributed by atoms with van der Waals surface area (Å²) in [6.07, 6.45) is 11.6. The van der Waals surface area contributed by atoms with Gasteiger partial charge in [-0.3, -0.25) is 9.78 Å². The minimum atomic E-state index is -0.918. The van der Waals surface area contributed by atoms with Gasteiger partial charge in [0.25, 0.3) is 5.56 Å². The van der Waals surface area contributed by atoms with E-state index >= 15 is 0 Å². The monoisotopic (exact) mass is 482 g/mol. The summed E-state index contributed by atoms with van der Waals surface area (Å²) in [5, 5.41) is 12.2. The van der Waals surface area contributed by atoms with E-state index in [0.717, 1.165) is 22.1 Å². The van der Waals surface area contributed by atoms with Crippen LogP contribution in [0.4, 0.5) is 0 Å². The maximum absolute atomic E-state index is 12.5. The lowest BCUT2D eigenvalue weighted by Gasteiger charge is -2.15. The first-order chi connectivity index (χ1) is 16.9. The van der Waals surface area contributed by atoms with Gasteiger partial charge < -0.3 is 14.2 Å². The van der Waals surface area contributed by atoms with Crippen molar-refractivity contribution in [3.63, 3.8) is 0 Å². The van der Waals surface area contributed by atoms with Crippen molar-refractivity contribution in [2.24, 2.45) is 14.1 Å². The standard InChI is InChI=1S/C24H17ClN2O2.C4H6N2/c1-3-15-5-4-6-17(11-15)19-13-23(28)27(2)22-14-26-21(12-20(19)22)24(29)16-7-9-18(25)10-8-16;1-6-3-2-5-4-6/h1,4-14,24,29H,2H3;2-4H,1H3. The van der Waals surface area contributed by atoms with Gasteiger partial charge in [0.1, 0.15) is 6.10 Å². The van der Waals surface area contributed by atoms with Gasteiger partial charge in [0, 0.05) is 48.5 Å². The Balaban J connectivity index is 0.000000421. The number of aryl methyl sites for hydroxylation is 2. The van der Waals surface area contributed by atoms with Gasteiger partial charge in [-0.05, 0) is 47.0 Å². The smallest absolute Gasteiger partial charge is 0.251 e. The number of hydrogen-bond donors (Lipinski definition) is 1. The molecule has 0 saturated carbocycles. The fraction of sp³-hybridized carbons (Fsp3) is 0.107. The van der Waals surface area contributed by atoms with Crippen LogP contribution in [-0.4, -0.2) is 24.2 Å². The number of halogens is 1. The zero-order valence-electron chi connectivity index (χ0n) is 19.3. The van der Waals surface area contributed by atoms with Crippen LogP contribution >= 0.6 is 11.6 Å². The molecule has 5 aromatic rings. The highest BCUT2D eigenvalue weighted by Crippen LogP contribution is 2.30. The Bertz CT molecular complexity index is 1570. The molecule has 2 aromatic carbocycles. The van der Waals surface area contributed by atoms with Crippen molar-refractivity contribution in [3.8, 4) is 23.5 Å². The van der Waals surface area contributed by atoms with Crippen molar-refractivity contribution in [3.05, 3.63) is 118 Å². The maximum Gasteiger partial charge on any atom is 0.251 e. The van der Waals surface area contributed by atoms with Crippen molar-refractivity contribution < 1.29 is 5.11 Å². The number of imidazole rings is 1. The van der Waals surface area contributed by atoms with Gasteiger partial charge in [0.2, 0.25) is 0 Å². The molecular formula is C28H23ClN4O2. The third kappa shape index (κ3) is 5.33. The Morgan fingerprint density at radius 1 is 1.09 bits per heavy atom. The van der Waals surface area contributed by atoms with Gasteiger partial charge in [0.05, 0.1) is 23.7 Å². The second-order valence-electron chi connectivity index (χ2n) is 7.99. The molecule has 0 saturated heterocycles.